The summed E-state index contributed by atoms with van der Waals surface area (Å²) in [5.74, 6) is -0.952. The van der Waals surface area contributed by atoms with Gasteiger partial charge in [0.25, 0.3) is 11.8 Å². The topological polar surface area (TPSA) is 111 Å². The molecule has 2 N–H and O–H groups in total. The number of rotatable bonds is 8. The van der Waals surface area contributed by atoms with E-state index in [0.717, 1.165) is 68.6 Å². The number of amides is 4. The summed E-state index contributed by atoms with van der Waals surface area (Å²) in [4.78, 5) is 57.9. The molecule has 2 aromatic carbocycles. The van der Waals surface area contributed by atoms with Gasteiger partial charge in [0.15, 0.2) is 0 Å². The van der Waals surface area contributed by atoms with Gasteiger partial charge in [-0.05, 0) is 87.5 Å². The number of hydrogen-bond donors (Lipinski definition) is 2. The van der Waals surface area contributed by atoms with Gasteiger partial charge < -0.3 is 30.1 Å². The summed E-state index contributed by atoms with van der Waals surface area (Å²) in [7, 11) is 1.69. The lowest BCUT2D eigenvalue weighted by molar-refractivity contribution is -0.138. The summed E-state index contributed by atoms with van der Waals surface area (Å²) in [5.41, 5.74) is 1.76. The molecule has 0 aromatic heterocycles. The fraction of sp³-hybridized carbons (Fsp3) is 0.543. The number of hydrogen-bond acceptors (Lipinski definition) is 6. The predicted octanol–water partition coefficient (Wildman–Crippen LogP) is 4.41. The fourth-order valence-electron chi connectivity index (χ4n) is 6.68. The van der Waals surface area contributed by atoms with Crippen molar-refractivity contribution in [3.63, 3.8) is 0 Å². The number of piperazine rings is 1. The van der Waals surface area contributed by atoms with E-state index in [9.17, 15) is 23.6 Å². The molecule has 1 saturated carbocycles. The zero-order valence-electron chi connectivity index (χ0n) is 27.3. The van der Waals surface area contributed by atoms with Crippen LogP contribution in [-0.2, 0) is 9.59 Å². The number of carbonyl (C=O) groups is 4. The van der Waals surface area contributed by atoms with Crippen LogP contribution >= 0.6 is 0 Å². The molecule has 3 fully saturated rings. The van der Waals surface area contributed by atoms with Gasteiger partial charge in [-0.2, -0.15) is 0 Å². The number of halogens is 1. The van der Waals surface area contributed by atoms with E-state index < -0.39 is 17.8 Å². The minimum absolute atomic E-state index is 0.0438. The average molecular weight is 636 g/mol. The van der Waals surface area contributed by atoms with Crippen molar-refractivity contribution in [3.05, 3.63) is 58.9 Å². The highest BCUT2D eigenvalue weighted by molar-refractivity contribution is 6.00. The second kappa shape index (κ2) is 14.6. The molecule has 0 radical (unpaired) electrons. The molecule has 5 rings (SSSR count). The van der Waals surface area contributed by atoms with Crippen molar-refractivity contribution in [2.75, 3.05) is 45.1 Å². The van der Waals surface area contributed by atoms with Crippen molar-refractivity contribution in [2.24, 2.45) is 0 Å². The summed E-state index contributed by atoms with van der Waals surface area (Å²) in [6, 6.07) is 8.26. The van der Waals surface area contributed by atoms with E-state index in [1.807, 2.05) is 26.0 Å². The Morgan fingerprint density at radius 2 is 1.74 bits per heavy atom. The standard InChI is InChI=1S/C35H46FN5O5/c1-22(2)39(4)35(45)31-21-40(33(43)26-16-27(36)19-28(17-26)38-23(3)42)14-15-41(31)34(44)25-10-11-32(46-29-12-13-37-20-29)30(18-25)24-8-6-5-7-9-24/h10-11,16-19,22,24,29,31,37H,5-9,12-15,20-21H2,1-4H3,(H,38,42)/t29-,31?/m0/s1. The number of benzene rings is 2. The minimum atomic E-state index is -0.931. The lowest BCUT2D eigenvalue weighted by Crippen LogP contribution is -2.62. The number of nitrogens with one attached hydrogen (secondary N) is 2. The third-order valence-electron chi connectivity index (χ3n) is 9.41. The number of likely N-dealkylation sites (N-methyl/N-ethyl adjacent to an activating group) is 1. The van der Waals surface area contributed by atoms with Crippen molar-refractivity contribution < 1.29 is 28.3 Å². The summed E-state index contributed by atoms with van der Waals surface area (Å²) in [6.07, 6.45) is 6.60. The van der Waals surface area contributed by atoms with Gasteiger partial charge in [0.05, 0.1) is 6.54 Å². The Kier molecular flexibility index (Phi) is 10.6. The largest absolute Gasteiger partial charge is 0.489 e. The maximum Gasteiger partial charge on any atom is 0.254 e. The first kappa shape index (κ1) is 33.4. The first-order chi connectivity index (χ1) is 22.0. The Bertz CT molecular complexity index is 1450. The molecule has 0 spiro atoms. The van der Waals surface area contributed by atoms with Gasteiger partial charge >= 0.3 is 0 Å². The number of anilines is 1. The van der Waals surface area contributed by atoms with Gasteiger partial charge in [-0.25, -0.2) is 4.39 Å². The molecule has 4 amide bonds. The highest BCUT2D eigenvalue weighted by atomic mass is 19.1. The lowest BCUT2D eigenvalue weighted by Gasteiger charge is -2.42. The maximum absolute atomic E-state index is 14.4. The van der Waals surface area contributed by atoms with Gasteiger partial charge in [-0.1, -0.05) is 19.3 Å². The van der Waals surface area contributed by atoms with Gasteiger partial charge in [-0.3, -0.25) is 19.2 Å². The summed E-state index contributed by atoms with van der Waals surface area (Å²) < 4.78 is 20.9. The summed E-state index contributed by atoms with van der Waals surface area (Å²) >= 11 is 0. The monoisotopic (exact) mass is 635 g/mol. The highest BCUT2D eigenvalue weighted by Gasteiger charge is 2.40. The molecule has 2 aromatic rings. The molecule has 0 bridgehead atoms. The lowest BCUT2D eigenvalue weighted by atomic mass is 9.83. The van der Waals surface area contributed by atoms with E-state index in [0.29, 0.717) is 11.5 Å². The van der Waals surface area contributed by atoms with Crippen LogP contribution in [0.3, 0.4) is 0 Å². The van der Waals surface area contributed by atoms with Crippen molar-refractivity contribution in [3.8, 4) is 5.75 Å². The Hall–Kier alpha value is -3.99. The van der Waals surface area contributed by atoms with Crippen molar-refractivity contribution >= 4 is 29.3 Å². The van der Waals surface area contributed by atoms with E-state index in [1.165, 1.54) is 24.3 Å². The van der Waals surface area contributed by atoms with E-state index in [2.05, 4.69) is 10.6 Å². The van der Waals surface area contributed by atoms with E-state index >= 15 is 0 Å². The van der Waals surface area contributed by atoms with Crippen LogP contribution in [0, 0.1) is 5.82 Å². The van der Waals surface area contributed by atoms with E-state index in [4.69, 9.17) is 4.74 Å². The van der Waals surface area contributed by atoms with Crippen LogP contribution in [0.5, 0.6) is 5.75 Å². The average Bonchev–Trinajstić information content (AvgIpc) is 3.56. The quantitative estimate of drug-likeness (QED) is 0.445. The third-order valence-corrected chi connectivity index (χ3v) is 9.41. The molecule has 2 atom stereocenters. The second-order valence-corrected chi connectivity index (χ2v) is 13.0. The van der Waals surface area contributed by atoms with Crippen LogP contribution in [0.1, 0.15) is 91.5 Å². The smallest absolute Gasteiger partial charge is 0.254 e. The van der Waals surface area contributed by atoms with Gasteiger partial charge in [0.1, 0.15) is 23.7 Å². The molecule has 3 aliphatic rings. The Balaban J connectivity index is 1.42. The molecule has 46 heavy (non-hydrogen) atoms. The molecule has 1 unspecified atom stereocenters. The van der Waals surface area contributed by atoms with E-state index in [1.54, 1.807) is 22.9 Å². The molecule has 10 nitrogen and oxygen atoms in total. The van der Waals surface area contributed by atoms with Crippen molar-refractivity contribution in [1.29, 1.82) is 0 Å². The van der Waals surface area contributed by atoms with Crippen LogP contribution in [-0.4, -0.2) is 96.3 Å². The number of nitrogens with zero attached hydrogens (tertiary/aromatic N) is 3. The minimum Gasteiger partial charge on any atom is -0.489 e. The molecule has 2 saturated heterocycles. The van der Waals surface area contributed by atoms with Crippen LogP contribution in [0.2, 0.25) is 0 Å². The van der Waals surface area contributed by atoms with Crippen LogP contribution in [0.15, 0.2) is 36.4 Å². The molecule has 11 heteroatoms. The Morgan fingerprint density at radius 1 is 0.978 bits per heavy atom. The van der Waals surface area contributed by atoms with Crippen LogP contribution < -0.4 is 15.4 Å². The molecule has 2 heterocycles. The Morgan fingerprint density at radius 3 is 2.41 bits per heavy atom. The van der Waals surface area contributed by atoms with Gasteiger partial charge in [0.2, 0.25) is 11.8 Å². The summed E-state index contributed by atoms with van der Waals surface area (Å²) in [5, 5.41) is 5.86. The second-order valence-electron chi connectivity index (χ2n) is 13.0. The highest BCUT2D eigenvalue weighted by Crippen LogP contribution is 2.39. The molecular weight excluding hydrogens is 589 g/mol. The SMILES string of the molecule is CC(=O)Nc1cc(F)cc(C(=O)N2CCN(C(=O)c3ccc(O[C@H]4CCNC4)c(C4CCCCC4)c3)C(C(=O)N(C)C(C)C)C2)c1. The molecule has 2 aliphatic heterocycles. The Labute approximate surface area is 270 Å². The molecule has 1 aliphatic carbocycles. The first-order valence-electron chi connectivity index (χ1n) is 16.5. The van der Waals surface area contributed by atoms with Crippen molar-refractivity contribution in [2.45, 2.75) is 83.4 Å². The van der Waals surface area contributed by atoms with Crippen LogP contribution in [0.4, 0.5) is 10.1 Å². The molecule has 248 valence electrons. The van der Waals surface area contributed by atoms with Crippen molar-refractivity contribution in [1.82, 2.24) is 20.0 Å². The molecular formula is C35H46FN5O5. The van der Waals surface area contributed by atoms with Gasteiger partial charge in [-0.15, -0.1) is 0 Å². The fourth-order valence-corrected chi connectivity index (χ4v) is 6.68. The summed E-state index contributed by atoms with van der Waals surface area (Å²) in [6.45, 7) is 7.05. The predicted molar refractivity (Wildman–Crippen MR) is 174 cm³/mol. The first-order valence-corrected chi connectivity index (χ1v) is 16.5. The van der Waals surface area contributed by atoms with Crippen LogP contribution in [0.25, 0.3) is 0 Å². The number of carbonyl (C=O) groups excluding carboxylic acids is 4. The normalized spacial score (nSPS) is 20.5. The van der Waals surface area contributed by atoms with Gasteiger partial charge in [0, 0.05) is 56.5 Å². The maximum atomic E-state index is 14.4. The zero-order chi connectivity index (χ0) is 33.0. The van der Waals surface area contributed by atoms with E-state index in [-0.39, 0.29) is 60.8 Å². The number of ether oxygens (including phenoxy) is 1. The zero-order valence-corrected chi connectivity index (χ0v) is 27.3. The third kappa shape index (κ3) is 7.68.